The van der Waals surface area contributed by atoms with Gasteiger partial charge in [-0.2, -0.15) is 12.1 Å². The Balaban J connectivity index is 0.000000538. The van der Waals surface area contributed by atoms with Gasteiger partial charge < -0.3 is 29.7 Å². The van der Waals surface area contributed by atoms with Crippen LogP contribution in [0.5, 0.6) is 0 Å². The average Bonchev–Trinajstić information content (AvgIpc) is 3.37. The van der Waals surface area contributed by atoms with Gasteiger partial charge in [0.2, 0.25) is 0 Å². The minimum absolute atomic E-state index is 0. The number of benzene rings is 4. The summed E-state index contributed by atoms with van der Waals surface area (Å²) in [5, 5.41) is 10.8. The summed E-state index contributed by atoms with van der Waals surface area (Å²) in [6, 6.07) is 34.9. The van der Waals surface area contributed by atoms with Gasteiger partial charge in [0.15, 0.2) is 0 Å². The SMILES string of the molecule is Cc1cc2ccc3ccccc3c2[cH-]1.Cc1cc2ccc3ccccc3c2[cH-]1.[CH3-].[CH3-].[CH3-].[CH3-].[Si]=[Zr]. The fraction of sp³-hybridized carbons (Fsp3) is 0.0625. The van der Waals surface area contributed by atoms with Gasteiger partial charge in [-0.1, -0.05) is 96.1 Å². The van der Waals surface area contributed by atoms with Gasteiger partial charge in [-0.3, -0.25) is 0 Å². The number of rotatable bonds is 0. The fourth-order valence-electron chi connectivity index (χ4n) is 4.23. The van der Waals surface area contributed by atoms with E-state index < -0.39 is 0 Å². The molecule has 34 heavy (non-hydrogen) atoms. The Morgan fingerprint density at radius 1 is 0.500 bits per heavy atom. The molecule has 0 bridgehead atoms. The van der Waals surface area contributed by atoms with Crippen molar-refractivity contribution in [1.82, 2.24) is 0 Å². The molecule has 2 heteroatoms. The molecule has 0 spiro atoms. The van der Waals surface area contributed by atoms with Crippen LogP contribution in [0.25, 0.3) is 43.1 Å². The summed E-state index contributed by atoms with van der Waals surface area (Å²) < 4.78 is 0. The second-order valence-corrected chi connectivity index (χ2v) is 7.64. The average molecular weight is 538 g/mol. The Morgan fingerprint density at radius 2 is 0.824 bits per heavy atom. The van der Waals surface area contributed by atoms with E-state index in [2.05, 4.69) is 118 Å². The summed E-state index contributed by atoms with van der Waals surface area (Å²) in [5.41, 5.74) is 2.69. The van der Waals surface area contributed by atoms with Crippen LogP contribution < -0.4 is 0 Å². The molecule has 0 fully saturated rings. The van der Waals surface area contributed by atoms with Crippen LogP contribution in [0.15, 0.2) is 97.1 Å². The van der Waals surface area contributed by atoms with Crippen LogP contribution in [-0.4, -0.2) is 6.88 Å². The third kappa shape index (κ3) is 6.44. The summed E-state index contributed by atoms with van der Waals surface area (Å²) in [4.78, 5) is 0. The van der Waals surface area contributed by atoms with Crippen molar-refractivity contribution in [1.29, 1.82) is 0 Å². The molecule has 0 atom stereocenters. The van der Waals surface area contributed by atoms with Crippen LogP contribution in [0.3, 0.4) is 0 Å². The van der Waals surface area contributed by atoms with Crippen molar-refractivity contribution in [2.24, 2.45) is 0 Å². The minimum atomic E-state index is 0. The molecule has 0 unspecified atom stereocenters. The van der Waals surface area contributed by atoms with Crippen LogP contribution in [0, 0.1) is 43.6 Å². The third-order valence-electron chi connectivity index (χ3n) is 5.52. The molecule has 6 aromatic rings. The Kier molecular flexibility index (Phi) is 13.2. The molecule has 176 valence electrons. The van der Waals surface area contributed by atoms with Gasteiger partial charge in [0.25, 0.3) is 0 Å². The van der Waals surface area contributed by atoms with Crippen molar-refractivity contribution >= 4 is 50.0 Å². The number of hydrogen-bond donors (Lipinski definition) is 0. The van der Waals surface area contributed by atoms with Crippen LogP contribution in [0.2, 0.25) is 0 Å². The normalized spacial score (nSPS) is 9.32. The van der Waals surface area contributed by atoms with Crippen LogP contribution >= 0.6 is 0 Å². The van der Waals surface area contributed by atoms with E-state index in [4.69, 9.17) is 0 Å². The van der Waals surface area contributed by atoms with Crippen LogP contribution in [-0.2, 0) is 23.3 Å². The number of aryl methyl sites for hydroxylation is 2. The van der Waals surface area contributed by atoms with Crippen molar-refractivity contribution < 1.29 is 23.3 Å². The maximum atomic E-state index is 3.06. The molecule has 0 heterocycles. The van der Waals surface area contributed by atoms with E-state index in [-0.39, 0.29) is 29.7 Å². The van der Waals surface area contributed by atoms with E-state index in [1.165, 1.54) is 77.6 Å². The molecule has 0 N–H and O–H groups in total. The number of fused-ring (bicyclic) bond motifs is 6. The molecule has 2 radical (unpaired) electrons. The zero-order chi connectivity index (χ0) is 21.1. The summed E-state index contributed by atoms with van der Waals surface area (Å²) in [6.07, 6.45) is 0. The second-order valence-electron chi connectivity index (χ2n) is 7.64. The van der Waals surface area contributed by atoms with E-state index in [0.29, 0.717) is 0 Å². The molecule has 0 saturated carbocycles. The standard InChI is InChI=1S/2C14H11.4CH3.Si.Zr/c2*1-10-8-12-7-6-11-4-2-3-5-13(11)14(12)9-10;;;;;;/h2*2-9H,1H3;4*1H3;;/q6*-1;;. The second kappa shape index (κ2) is 14.2. The Bertz CT molecular complexity index is 1340. The molecule has 6 rings (SSSR count). The quantitative estimate of drug-likeness (QED) is 0.134. The van der Waals surface area contributed by atoms with E-state index in [0.717, 1.165) is 0 Å². The van der Waals surface area contributed by atoms with E-state index in [9.17, 15) is 0 Å². The predicted molar refractivity (Wildman–Crippen MR) is 155 cm³/mol. The summed E-state index contributed by atoms with van der Waals surface area (Å²) in [6.45, 7) is 7.36. The Hall–Kier alpha value is -2.28. The fourth-order valence-corrected chi connectivity index (χ4v) is 4.23. The predicted octanol–water partition coefficient (Wildman–Crippen LogP) is 9.46. The van der Waals surface area contributed by atoms with E-state index >= 15 is 0 Å². The molecule has 0 amide bonds. The summed E-state index contributed by atoms with van der Waals surface area (Å²) >= 11 is 1.36. The van der Waals surface area contributed by atoms with Crippen molar-refractivity contribution in [2.75, 3.05) is 0 Å². The van der Waals surface area contributed by atoms with Gasteiger partial charge in [-0.15, -0.1) is 56.9 Å². The molecule has 0 aliphatic heterocycles. The number of hydrogen-bond acceptors (Lipinski definition) is 0. The van der Waals surface area contributed by atoms with Gasteiger partial charge in [0.05, 0.1) is 0 Å². The van der Waals surface area contributed by atoms with Gasteiger partial charge in [0.1, 0.15) is 0 Å². The molecule has 0 aliphatic carbocycles. The Morgan fingerprint density at radius 3 is 1.21 bits per heavy atom. The topological polar surface area (TPSA) is 0 Å². The van der Waals surface area contributed by atoms with E-state index in [1.54, 1.807) is 0 Å². The summed E-state index contributed by atoms with van der Waals surface area (Å²) in [7, 11) is 0. The van der Waals surface area contributed by atoms with Crippen molar-refractivity contribution in [3.63, 3.8) is 0 Å². The zero-order valence-electron chi connectivity index (χ0n) is 21.2. The summed E-state index contributed by atoms with van der Waals surface area (Å²) in [5.74, 6) is 0. The zero-order valence-corrected chi connectivity index (χ0v) is 24.7. The monoisotopic (exact) mass is 536 g/mol. The van der Waals surface area contributed by atoms with Gasteiger partial charge in [-0.05, 0) is 0 Å². The first-order valence-corrected chi connectivity index (χ1v) is 14.2. The maximum absolute atomic E-state index is 3.06. The molecule has 0 saturated heterocycles. The van der Waals surface area contributed by atoms with Crippen molar-refractivity contribution in [3.8, 4) is 0 Å². The molecule has 0 aliphatic rings. The van der Waals surface area contributed by atoms with Gasteiger partial charge >= 0.3 is 30.2 Å². The van der Waals surface area contributed by atoms with Gasteiger partial charge in [-0.25, -0.2) is 0 Å². The first-order valence-electron chi connectivity index (χ1n) is 10.0. The molecule has 0 nitrogen and oxygen atoms in total. The van der Waals surface area contributed by atoms with Crippen molar-refractivity contribution in [2.45, 2.75) is 13.8 Å². The Labute approximate surface area is 223 Å². The van der Waals surface area contributed by atoms with Gasteiger partial charge in [0, 0.05) is 0 Å². The molecule has 6 aromatic carbocycles. The first kappa shape index (κ1) is 31.7. The van der Waals surface area contributed by atoms with Crippen molar-refractivity contribution in [3.05, 3.63) is 138 Å². The van der Waals surface area contributed by atoms with Crippen LogP contribution in [0.4, 0.5) is 0 Å². The van der Waals surface area contributed by atoms with Crippen LogP contribution in [0.1, 0.15) is 11.1 Å². The first-order chi connectivity index (χ1) is 14.7. The third-order valence-corrected chi connectivity index (χ3v) is 5.52. The molecule has 0 aromatic heterocycles. The van der Waals surface area contributed by atoms with E-state index in [1.807, 2.05) is 0 Å². The molecular weight excluding hydrogens is 504 g/mol. The molecular formula is C32H34SiZr-6.